The van der Waals surface area contributed by atoms with Gasteiger partial charge in [0, 0.05) is 4.47 Å². The van der Waals surface area contributed by atoms with Crippen molar-refractivity contribution in [1.29, 1.82) is 0 Å². The van der Waals surface area contributed by atoms with Gasteiger partial charge in [-0.25, -0.2) is 4.98 Å². The lowest BCUT2D eigenvalue weighted by Gasteiger charge is -2.01. The third-order valence-electron chi connectivity index (χ3n) is 2.72. The fourth-order valence-electron chi connectivity index (χ4n) is 1.60. The molecule has 3 nitrogen and oxygen atoms in total. The zero-order chi connectivity index (χ0) is 9.76. The molecule has 1 aliphatic carbocycles. The molecule has 3 rings (SSSR count). The molecule has 0 amide bonds. The van der Waals surface area contributed by atoms with Gasteiger partial charge in [-0.2, -0.15) is 0 Å². The Bertz CT molecular complexity index is 499. The lowest BCUT2D eigenvalue weighted by Crippen LogP contribution is -2.20. The minimum atomic E-state index is -0.182. The SMILES string of the molecule is NC1(c2nc3c(Br)cccc3[nH]2)CC1. The Morgan fingerprint density at radius 2 is 2.21 bits per heavy atom. The van der Waals surface area contributed by atoms with Crippen LogP contribution >= 0.6 is 15.9 Å². The molecule has 0 radical (unpaired) electrons. The van der Waals surface area contributed by atoms with E-state index in [1.807, 2.05) is 18.2 Å². The molecule has 1 fully saturated rings. The van der Waals surface area contributed by atoms with Crippen molar-refractivity contribution in [1.82, 2.24) is 9.97 Å². The number of nitrogens with zero attached hydrogens (tertiary/aromatic N) is 1. The number of nitrogens with one attached hydrogen (secondary N) is 1. The highest BCUT2D eigenvalue weighted by Crippen LogP contribution is 2.42. The first-order valence-corrected chi connectivity index (χ1v) is 5.42. The number of aromatic nitrogens is 2. The number of benzene rings is 1. The first kappa shape index (κ1) is 8.44. The lowest BCUT2D eigenvalue weighted by atomic mass is 10.3. The molecule has 0 atom stereocenters. The van der Waals surface area contributed by atoms with Crippen molar-refractivity contribution < 1.29 is 0 Å². The maximum absolute atomic E-state index is 6.07. The summed E-state index contributed by atoms with van der Waals surface area (Å²) >= 11 is 3.47. The Morgan fingerprint density at radius 1 is 1.43 bits per heavy atom. The Kier molecular flexibility index (Phi) is 1.56. The number of para-hydroxylation sites is 1. The average molecular weight is 252 g/mol. The molecule has 1 saturated carbocycles. The van der Waals surface area contributed by atoms with Crippen LogP contribution in [0.15, 0.2) is 22.7 Å². The van der Waals surface area contributed by atoms with Crippen molar-refractivity contribution in [3.63, 3.8) is 0 Å². The number of imidazole rings is 1. The minimum Gasteiger partial charge on any atom is -0.340 e. The molecule has 2 aromatic rings. The molecule has 0 saturated heterocycles. The number of nitrogens with two attached hydrogens (primary N) is 1. The van der Waals surface area contributed by atoms with Crippen molar-refractivity contribution in [3.05, 3.63) is 28.5 Å². The van der Waals surface area contributed by atoms with Gasteiger partial charge < -0.3 is 10.7 Å². The zero-order valence-electron chi connectivity index (χ0n) is 7.55. The fourth-order valence-corrected chi connectivity index (χ4v) is 2.06. The normalized spacial score (nSPS) is 18.7. The molecule has 4 heteroatoms. The summed E-state index contributed by atoms with van der Waals surface area (Å²) in [6.45, 7) is 0. The number of halogens is 1. The smallest absolute Gasteiger partial charge is 0.127 e. The molecular weight excluding hydrogens is 242 g/mol. The van der Waals surface area contributed by atoms with Gasteiger partial charge in [0.1, 0.15) is 11.3 Å². The molecule has 0 unspecified atom stereocenters. The van der Waals surface area contributed by atoms with E-state index in [0.717, 1.165) is 34.2 Å². The van der Waals surface area contributed by atoms with Gasteiger partial charge >= 0.3 is 0 Å². The van der Waals surface area contributed by atoms with Crippen molar-refractivity contribution in [2.75, 3.05) is 0 Å². The largest absolute Gasteiger partial charge is 0.340 e. The molecule has 3 N–H and O–H groups in total. The zero-order valence-corrected chi connectivity index (χ0v) is 9.13. The summed E-state index contributed by atoms with van der Waals surface area (Å²) in [5.41, 5.74) is 7.91. The number of H-pyrrole nitrogens is 1. The first-order chi connectivity index (χ1) is 6.69. The standard InChI is InChI=1S/C10H10BrN3/c11-6-2-1-3-7-8(6)14-9(13-7)10(12)4-5-10/h1-3H,4-5,12H2,(H,13,14). The van der Waals surface area contributed by atoms with Crippen molar-refractivity contribution in [2.45, 2.75) is 18.4 Å². The van der Waals surface area contributed by atoms with Gasteiger partial charge in [-0.15, -0.1) is 0 Å². The topological polar surface area (TPSA) is 54.7 Å². The summed E-state index contributed by atoms with van der Waals surface area (Å²) in [6.07, 6.45) is 2.06. The summed E-state index contributed by atoms with van der Waals surface area (Å²) < 4.78 is 1.02. The van der Waals surface area contributed by atoms with Crippen LogP contribution in [0.1, 0.15) is 18.7 Å². The summed E-state index contributed by atoms with van der Waals surface area (Å²) in [4.78, 5) is 7.79. The van der Waals surface area contributed by atoms with Gasteiger partial charge in [0.25, 0.3) is 0 Å². The molecule has 1 aliphatic rings. The highest BCUT2D eigenvalue weighted by molar-refractivity contribution is 9.10. The minimum absolute atomic E-state index is 0.182. The van der Waals surface area contributed by atoms with Crippen LogP contribution < -0.4 is 5.73 Å². The van der Waals surface area contributed by atoms with Crippen LogP contribution in [0.4, 0.5) is 0 Å². The van der Waals surface area contributed by atoms with E-state index < -0.39 is 0 Å². The number of hydrogen-bond acceptors (Lipinski definition) is 2. The van der Waals surface area contributed by atoms with E-state index in [4.69, 9.17) is 5.73 Å². The number of rotatable bonds is 1. The van der Waals surface area contributed by atoms with Gasteiger partial charge in [0.05, 0.1) is 11.1 Å². The molecule has 0 aliphatic heterocycles. The average Bonchev–Trinajstić information content (AvgIpc) is 2.77. The Balaban J connectivity index is 2.25. The molecule has 72 valence electrons. The molecule has 14 heavy (non-hydrogen) atoms. The summed E-state index contributed by atoms with van der Waals surface area (Å²) in [5, 5.41) is 0. The quantitative estimate of drug-likeness (QED) is 0.817. The molecule has 1 aromatic heterocycles. The maximum atomic E-state index is 6.07. The van der Waals surface area contributed by atoms with Crippen molar-refractivity contribution in [3.8, 4) is 0 Å². The summed E-state index contributed by atoms with van der Waals surface area (Å²) in [6, 6.07) is 6.00. The second kappa shape index (κ2) is 2.58. The third-order valence-corrected chi connectivity index (χ3v) is 3.36. The third kappa shape index (κ3) is 1.11. The van der Waals surface area contributed by atoms with Gasteiger partial charge in [0.2, 0.25) is 0 Å². The monoisotopic (exact) mass is 251 g/mol. The Labute approximate surface area is 89.8 Å². The van der Waals surface area contributed by atoms with E-state index in [1.54, 1.807) is 0 Å². The van der Waals surface area contributed by atoms with E-state index in [1.165, 1.54) is 0 Å². The lowest BCUT2D eigenvalue weighted by molar-refractivity contribution is 0.688. The van der Waals surface area contributed by atoms with E-state index in [0.29, 0.717) is 0 Å². The van der Waals surface area contributed by atoms with Crippen LogP contribution in [0.25, 0.3) is 11.0 Å². The van der Waals surface area contributed by atoms with Gasteiger partial charge in [-0.1, -0.05) is 6.07 Å². The van der Waals surface area contributed by atoms with Crippen molar-refractivity contribution in [2.24, 2.45) is 5.73 Å². The molecule has 1 heterocycles. The fraction of sp³-hybridized carbons (Fsp3) is 0.300. The highest BCUT2D eigenvalue weighted by Gasteiger charge is 2.43. The van der Waals surface area contributed by atoms with E-state index in [2.05, 4.69) is 25.9 Å². The van der Waals surface area contributed by atoms with Crippen molar-refractivity contribution >= 4 is 27.0 Å². The van der Waals surface area contributed by atoms with E-state index in [-0.39, 0.29) is 5.54 Å². The predicted octanol–water partition coefficient (Wildman–Crippen LogP) is 2.27. The highest BCUT2D eigenvalue weighted by atomic mass is 79.9. The maximum Gasteiger partial charge on any atom is 0.127 e. The van der Waals surface area contributed by atoms with E-state index >= 15 is 0 Å². The molecule has 1 aromatic carbocycles. The van der Waals surface area contributed by atoms with Crippen LogP contribution in [0.5, 0.6) is 0 Å². The molecular formula is C10H10BrN3. The first-order valence-electron chi connectivity index (χ1n) is 4.63. The predicted molar refractivity (Wildman–Crippen MR) is 58.9 cm³/mol. The number of aromatic amines is 1. The van der Waals surface area contributed by atoms with Crippen LogP contribution in [0.2, 0.25) is 0 Å². The second-order valence-corrected chi connectivity index (χ2v) is 4.73. The Hall–Kier alpha value is -0.870. The summed E-state index contributed by atoms with van der Waals surface area (Å²) in [5.74, 6) is 0.916. The second-order valence-electron chi connectivity index (χ2n) is 3.88. The summed E-state index contributed by atoms with van der Waals surface area (Å²) in [7, 11) is 0. The molecule has 0 spiro atoms. The number of hydrogen-bond donors (Lipinski definition) is 2. The Morgan fingerprint density at radius 3 is 2.86 bits per heavy atom. The van der Waals surface area contributed by atoms with Gasteiger partial charge in [-0.05, 0) is 40.9 Å². The van der Waals surface area contributed by atoms with Crippen LogP contribution in [-0.2, 0) is 5.54 Å². The van der Waals surface area contributed by atoms with Gasteiger partial charge in [-0.3, -0.25) is 0 Å². The van der Waals surface area contributed by atoms with Crippen LogP contribution in [-0.4, -0.2) is 9.97 Å². The van der Waals surface area contributed by atoms with Crippen LogP contribution in [0, 0.1) is 0 Å². The van der Waals surface area contributed by atoms with Gasteiger partial charge in [0.15, 0.2) is 0 Å². The van der Waals surface area contributed by atoms with E-state index in [9.17, 15) is 0 Å². The molecule has 0 bridgehead atoms. The van der Waals surface area contributed by atoms with Crippen LogP contribution in [0.3, 0.4) is 0 Å². The number of fused-ring (bicyclic) bond motifs is 1.